The van der Waals surface area contributed by atoms with Gasteiger partial charge in [0.15, 0.2) is 0 Å². The van der Waals surface area contributed by atoms with Crippen LogP contribution in [0.4, 0.5) is 4.79 Å². The molecule has 30 heavy (non-hydrogen) atoms. The zero-order valence-electron chi connectivity index (χ0n) is 16.9. The third-order valence-corrected chi connectivity index (χ3v) is 5.75. The molecule has 2 aromatic rings. The second-order valence-corrected chi connectivity index (χ2v) is 7.96. The van der Waals surface area contributed by atoms with E-state index in [0.29, 0.717) is 44.0 Å². The molecule has 2 aliphatic rings. The average molecular weight is 409 g/mol. The fourth-order valence-electron chi connectivity index (χ4n) is 4.13. The molecule has 0 radical (unpaired) electrons. The number of hydrogen-bond donors (Lipinski definition) is 2. The Hall–Kier alpha value is -2.97. The van der Waals surface area contributed by atoms with E-state index in [1.807, 2.05) is 6.07 Å². The monoisotopic (exact) mass is 409 g/mol. The molecule has 0 bridgehead atoms. The van der Waals surface area contributed by atoms with E-state index in [-0.39, 0.29) is 6.03 Å². The lowest BCUT2D eigenvalue weighted by Crippen LogP contribution is -2.43. The van der Waals surface area contributed by atoms with Crippen molar-refractivity contribution in [3.63, 3.8) is 0 Å². The van der Waals surface area contributed by atoms with Crippen LogP contribution in [-0.2, 0) is 19.5 Å². The van der Waals surface area contributed by atoms with Gasteiger partial charge in [0.1, 0.15) is 0 Å². The van der Waals surface area contributed by atoms with Gasteiger partial charge in [0.2, 0.25) is 5.91 Å². The maximum Gasteiger partial charge on any atom is 0.320 e. The van der Waals surface area contributed by atoms with Crippen LogP contribution in [0, 0.1) is 0 Å². The summed E-state index contributed by atoms with van der Waals surface area (Å²) in [6.45, 7) is 4.16. The van der Waals surface area contributed by atoms with Crippen LogP contribution in [-0.4, -0.2) is 75.6 Å². The highest BCUT2D eigenvalue weighted by molar-refractivity contribution is 5.92. The summed E-state index contributed by atoms with van der Waals surface area (Å²) in [6, 6.07) is 11.6. The van der Waals surface area contributed by atoms with Crippen molar-refractivity contribution in [3.8, 4) is 0 Å². The van der Waals surface area contributed by atoms with E-state index in [4.69, 9.17) is 5.73 Å². The molecule has 4 rings (SSSR count). The first-order chi connectivity index (χ1) is 14.5. The molecule has 8 heteroatoms. The van der Waals surface area contributed by atoms with Crippen LogP contribution in [0.1, 0.15) is 27.2 Å². The normalized spacial score (nSPS) is 17.8. The number of rotatable bonds is 7. The lowest BCUT2D eigenvalue weighted by molar-refractivity contribution is 0.0811. The quantitative estimate of drug-likeness (QED) is 0.705. The van der Waals surface area contributed by atoms with E-state index < -0.39 is 12.0 Å². The Balaban J connectivity index is 1.27. The Bertz CT molecular complexity index is 917. The van der Waals surface area contributed by atoms with Crippen LogP contribution in [0.5, 0.6) is 0 Å². The molecule has 1 saturated heterocycles. The van der Waals surface area contributed by atoms with Gasteiger partial charge in [-0.1, -0.05) is 24.3 Å². The molecule has 3 amide bonds. The van der Waals surface area contributed by atoms with E-state index in [1.165, 1.54) is 17.3 Å². The predicted molar refractivity (Wildman–Crippen MR) is 112 cm³/mol. The fraction of sp³-hybridized carbons (Fsp3) is 0.409. The molecule has 1 aromatic heterocycles. The predicted octanol–water partition coefficient (Wildman–Crippen LogP) is 0.837. The zero-order chi connectivity index (χ0) is 21.1. The second-order valence-electron chi connectivity index (χ2n) is 7.96. The lowest BCUT2D eigenvalue weighted by atomic mass is 10.00. The van der Waals surface area contributed by atoms with Crippen molar-refractivity contribution in [1.29, 1.82) is 0 Å². The Labute approximate surface area is 175 Å². The van der Waals surface area contributed by atoms with Gasteiger partial charge >= 0.3 is 6.03 Å². The third kappa shape index (κ3) is 4.60. The number of β-amino-alcohol motifs (C(OH)–C–C–N with tert-alkyl or cyclic N) is 1. The molecule has 8 nitrogen and oxygen atoms in total. The minimum Gasteiger partial charge on any atom is -0.390 e. The minimum atomic E-state index is -0.591. The molecule has 1 fully saturated rings. The first-order valence-corrected chi connectivity index (χ1v) is 10.3. The molecule has 0 spiro atoms. The van der Waals surface area contributed by atoms with E-state index in [2.05, 4.69) is 28.1 Å². The molecule has 1 atom stereocenters. The maximum atomic E-state index is 12.7. The molecule has 3 N–H and O–H groups in total. The van der Waals surface area contributed by atoms with Crippen molar-refractivity contribution in [1.82, 2.24) is 19.7 Å². The summed E-state index contributed by atoms with van der Waals surface area (Å²) < 4.78 is 0. The number of nitrogens with zero attached hydrogens (tertiary/aromatic N) is 4. The van der Waals surface area contributed by atoms with Gasteiger partial charge in [0, 0.05) is 45.5 Å². The standard InChI is InChI=1S/C22H27N5O3/c23-21(29)17-5-6-19(24-11-17)13-26-9-10-27(22(26)30)15-20(28)14-25-8-7-16-3-1-2-4-18(16)12-25/h1-6,11,20,28H,7-10,12-15H2,(H2,23,29). The maximum absolute atomic E-state index is 12.7. The van der Waals surface area contributed by atoms with Gasteiger partial charge < -0.3 is 20.6 Å². The highest BCUT2D eigenvalue weighted by Crippen LogP contribution is 2.19. The molecule has 158 valence electrons. The number of fused-ring (bicyclic) bond motifs is 1. The first kappa shape index (κ1) is 20.3. The summed E-state index contributed by atoms with van der Waals surface area (Å²) in [5.74, 6) is -0.524. The topological polar surface area (TPSA) is 103 Å². The van der Waals surface area contributed by atoms with E-state index in [1.54, 1.807) is 21.9 Å². The van der Waals surface area contributed by atoms with Gasteiger partial charge in [0.25, 0.3) is 0 Å². The number of primary amides is 1. The number of carbonyl (C=O) groups is 2. The van der Waals surface area contributed by atoms with Crippen molar-refractivity contribution in [2.45, 2.75) is 25.6 Å². The third-order valence-electron chi connectivity index (χ3n) is 5.75. The van der Waals surface area contributed by atoms with Crippen LogP contribution < -0.4 is 5.73 Å². The number of aliphatic hydroxyl groups is 1. The van der Waals surface area contributed by atoms with Crippen molar-refractivity contribution in [2.75, 3.05) is 32.7 Å². The Morgan fingerprint density at radius 2 is 1.83 bits per heavy atom. The molecule has 0 aliphatic carbocycles. The van der Waals surface area contributed by atoms with Crippen molar-refractivity contribution >= 4 is 11.9 Å². The van der Waals surface area contributed by atoms with Crippen LogP contribution >= 0.6 is 0 Å². The van der Waals surface area contributed by atoms with Crippen molar-refractivity contribution in [3.05, 3.63) is 65.0 Å². The summed E-state index contributed by atoms with van der Waals surface area (Å²) in [6.07, 6.45) is 1.82. The summed E-state index contributed by atoms with van der Waals surface area (Å²) in [7, 11) is 0. The number of urea groups is 1. The highest BCUT2D eigenvalue weighted by Gasteiger charge is 2.30. The van der Waals surface area contributed by atoms with Gasteiger partial charge in [-0.15, -0.1) is 0 Å². The van der Waals surface area contributed by atoms with Gasteiger partial charge in [-0.25, -0.2) is 4.79 Å². The number of pyridine rings is 1. The molecule has 3 heterocycles. The smallest absolute Gasteiger partial charge is 0.320 e. The van der Waals surface area contributed by atoms with Gasteiger partial charge in [-0.3, -0.25) is 14.7 Å². The Morgan fingerprint density at radius 3 is 2.57 bits per heavy atom. The lowest BCUT2D eigenvalue weighted by Gasteiger charge is -2.31. The number of hydrogen-bond acceptors (Lipinski definition) is 5. The zero-order valence-corrected chi connectivity index (χ0v) is 16.9. The van der Waals surface area contributed by atoms with Crippen LogP contribution in [0.15, 0.2) is 42.6 Å². The number of carbonyl (C=O) groups excluding carboxylic acids is 2. The molecule has 0 saturated carbocycles. The SMILES string of the molecule is NC(=O)c1ccc(CN2CCN(CC(O)CN3CCc4ccccc4C3)C2=O)nc1. The minimum absolute atomic E-state index is 0.0983. The molecular formula is C22H27N5O3. The number of aliphatic hydroxyl groups excluding tert-OH is 1. The van der Waals surface area contributed by atoms with Crippen LogP contribution in [0.3, 0.4) is 0 Å². The van der Waals surface area contributed by atoms with Gasteiger partial charge in [0.05, 0.1) is 23.9 Å². The summed E-state index contributed by atoms with van der Waals surface area (Å²) >= 11 is 0. The average Bonchev–Trinajstić information content (AvgIpc) is 3.07. The van der Waals surface area contributed by atoms with E-state index >= 15 is 0 Å². The number of benzene rings is 1. The van der Waals surface area contributed by atoms with Gasteiger partial charge in [-0.05, 0) is 29.7 Å². The summed E-state index contributed by atoms with van der Waals surface area (Å²) in [5.41, 5.74) is 8.96. The molecule has 2 aliphatic heterocycles. The largest absolute Gasteiger partial charge is 0.390 e. The van der Waals surface area contributed by atoms with Crippen LogP contribution in [0.25, 0.3) is 0 Å². The molecular weight excluding hydrogens is 382 g/mol. The Morgan fingerprint density at radius 1 is 1.07 bits per heavy atom. The number of nitrogens with two attached hydrogens (primary N) is 1. The van der Waals surface area contributed by atoms with E-state index in [9.17, 15) is 14.7 Å². The highest BCUT2D eigenvalue weighted by atomic mass is 16.3. The van der Waals surface area contributed by atoms with E-state index in [0.717, 1.165) is 19.5 Å². The summed E-state index contributed by atoms with van der Waals surface area (Å²) in [4.78, 5) is 33.7. The van der Waals surface area contributed by atoms with Gasteiger partial charge in [-0.2, -0.15) is 0 Å². The van der Waals surface area contributed by atoms with Crippen LogP contribution in [0.2, 0.25) is 0 Å². The first-order valence-electron chi connectivity index (χ1n) is 10.3. The van der Waals surface area contributed by atoms with Crippen molar-refractivity contribution < 1.29 is 14.7 Å². The fourth-order valence-corrected chi connectivity index (χ4v) is 4.13. The summed E-state index contributed by atoms with van der Waals surface area (Å²) in [5, 5.41) is 10.6. The number of amides is 3. The second kappa shape index (κ2) is 8.81. The number of aromatic nitrogens is 1. The molecule has 1 unspecified atom stereocenters. The Kier molecular flexibility index (Phi) is 5.96. The molecule has 1 aromatic carbocycles. The van der Waals surface area contributed by atoms with Crippen molar-refractivity contribution in [2.24, 2.45) is 5.73 Å².